The van der Waals surface area contributed by atoms with E-state index >= 15 is 0 Å². The SMILES string of the molecule is CN1CN2c3cc(Oc4ccc5c6ccccc6n(-c6cc(C(C)(C)C)ccn6)c5c4)cc[c]3[Ge]([CH3])([CH3])[c]3cccc1c32. The molecule has 0 radical (unpaired) electrons. The van der Waals surface area contributed by atoms with Gasteiger partial charge in [-0.2, -0.15) is 0 Å². The van der Waals surface area contributed by atoms with E-state index in [1.54, 1.807) is 4.40 Å². The first-order valence-electron chi connectivity index (χ1n) is 15.1. The Morgan fingerprint density at radius 3 is 2.35 bits per heavy atom. The van der Waals surface area contributed by atoms with Crippen molar-refractivity contribution in [2.24, 2.45) is 0 Å². The van der Waals surface area contributed by atoms with Gasteiger partial charge in [0.15, 0.2) is 0 Å². The number of hydrogen-bond acceptors (Lipinski definition) is 4. The van der Waals surface area contributed by atoms with Gasteiger partial charge < -0.3 is 0 Å². The summed E-state index contributed by atoms with van der Waals surface area (Å²) in [4.78, 5) is 9.68. The number of rotatable bonds is 3. The monoisotopic (exact) mass is 626 g/mol. The predicted molar refractivity (Wildman–Crippen MR) is 182 cm³/mol. The average molecular weight is 625 g/mol. The molecular weight excluding hydrogens is 589 g/mol. The van der Waals surface area contributed by atoms with Gasteiger partial charge in [0.1, 0.15) is 0 Å². The summed E-state index contributed by atoms with van der Waals surface area (Å²) < 4.78 is 12.0. The molecule has 4 aromatic carbocycles. The van der Waals surface area contributed by atoms with E-state index in [1.165, 1.54) is 37.8 Å². The van der Waals surface area contributed by atoms with Crippen molar-refractivity contribution in [3.63, 3.8) is 0 Å². The van der Waals surface area contributed by atoms with Gasteiger partial charge in [0.05, 0.1) is 0 Å². The summed E-state index contributed by atoms with van der Waals surface area (Å²) in [6.45, 7) is 7.58. The molecule has 0 fully saturated rings. The standard InChI is InChI=1S/C37H36GeN4O/c1-37(2,3)24-18-19-39-35(20-24)42-31-12-8-7-10-27(31)28-16-14-25(21-33(28)42)43-26-15-17-29-34(22-26)41-23-40(6)32-13-9-11-30(36(32)41)38(29,4)5/h7-22H,23H2,1-6H3. The van der Waals surface area contributed by atoms with Crippen molar-refractivity contribution < 1.29 is 4.74 Å². The van der Waals surface area contributed by atoms with Gasteiger partial charge in [0, 0.05) is 0 Å². The Hall–Kier alpha value is -4.23. The quantitative estimate of drug-likeness (QED) is 0.187. The maximum atomic E-state index is 6.66. The summed E-state index contributed by atoms with van der Waals surface area (Å²) >= 11 is -2.48. The zero-order valence-electron chi connectivity index (χ0n) is 25.6. The molecule has 5 nitrogen and oxygen atoms in total. The van der Waals surface area contributed by atoms with Crippen LogP contribution in [-0.2, 0) is 5.41 Å². The second-order valence-corrected chi connectivity index (χ2v) is 22.6. The van der Waals surface area contributed by atoms with Crippen molar-refractivity contribution >= 4 is 60.9 Å². The molecule has 43 heavy (non-hydrogen) atoms. The van der Waals surface area contributed by atoms with E-state index in [2.05, 4.69) is 145 Å². The van der Waals surface area contributed by atoms with Crippen LogP contribution in [0, 0.1) is 0 Å². The van der Waals surface area contributed by atoms with Crippen molar-refractivity contribution in [1.82, 2.24) is 9.55 Å². The summed E-state index contributed by atoms with van der Waals surface area (Å²) in [5.41, 5.74) is 7.54. The van der Waals surface area contributed by atoms with Gasteiger partial charge in [0.25, 0.3) is 0 Å². The Kier molecular flexibility index (Phi) is 5.61. The van der Waals surface area contributed by atoms with Crippen molar-refractivity contribution in [3.05, 3.63) is 103 Å². The first-order chi connectivity index (χ1) is 20.6. The molecule has 8 rings (SSSR count). The molecule has 2 aliphatic rings. The summed E-state index contributed by atoms with van der Waals surface area (Å²) in [6, 6.07) is 32.9. The number of pyridine rings is 1. The van der Waals surface area contributed by atoms with E-state index in [-0.39, 0.29) is 5.41 Å². The van der Waals surface area contributed by atoms with Crippen LogP contribution in [0.4, 0.5) is 17.1 Å². The molecule has 0 bridgehead atoms. The van der Waals surface area contributed by atoms with Gasteiger partial charge >= 0.3 is 224 Å². The van der Waals surface area contributed by atoms with E-state index in [0.29, 0.717) is 0 Å². The topological polar surface area (TPSA) is 33.5 Å². The van der Waals surface area contributed by atoms with Crippen molar-refractivity contribution in [2.75, 3.05) is 23.5 Å². The maximum absolute atomic E-state index is 6.66. The zero-order valence-corrected chi connectivity index (χ0v) is 27.7. The zero-order chi connectivity index (χ0) is 29.7. The second kappa shape index (κ2) is 9.14. The fourth-order valence-electron chi connectivity index (χ4n) is 7.06. The van der Waals surface area contributed by atoms with Gasteiger partial charge in [-0.15, -0.1) is 0 Å². The Bertz CT molecular complexity index is 2090. The summed E-state index contributed by atoms with van der Waals surface area (Å²) in [6.07, 6.45) is 1.93. The first-order valence-corrected chi connectivity index (χ1v) is 21.4. The molecule has 6 aromatic rings. The Balaban J connectivity index is 1.24. The number of anilines is 3. The molecule has 4 heterocycles. The van der Waals surface area contributed by atoms with Crippen LogP contribution < -0.4 is 23.3 Å². The molecule has 0 unspecified atom stereocenters. The van der Waals surface area contributed by atoms with Gasteiger partial charge in [-0.05, 0) is 11.5 Å². The third-order valence-electron chi connectivity index (χ3n) is 9.38. The number of aromatic nitrogens is 2. The van der Waals surface area contributed by atoms with E-state index in [0.717, 1.165) is 35.0 Å². The molecule has 6 heteroatoms. The normalized spacial score (nSPS) is 15.2. The molecule has 0 atom stereocenters. The molecule has 0 saturated heterocycles. The third-order valence-corrected chi connectivity index (χ3v) is 16.8. The Morgan fingerprint density at radius 2 is 1.51 bits per heavy atom. The van der Waals surface area contributed by atoms with Crippen LogP contribution in [0.5, 0.6) is 11.5 Å². The number of fused-ring (bicyclic) bond motifs is 5. The molecule has 214 valence electrons. The number of nitrogens with zero attached hydrogens (tertiary/aromatic N) is 4. The van der Waals surface area contributed by atoms with E-state index in [1.807, 2.05) is 6.20 Å². The van der Waals surface area contributed by atoms with Gasteiger partial charge in [-0.3, -0.25) is 0 Å². The molecular formula is C37H36GeN4O. The van der Waals surface area contributed by atoms with Gasteiger partial charge in [-0.25, -0.2) is 0 Å². The van der Waals surface area contributed by atoms with Crippen LogP contribution >= 0.6 is 0 Å². The van der Waals surface area contributed by atoms with Gasteiger partial charge in [0.2, 0.25) is 0 Å². The van der Waals surface area contributed by atoms with Crippen LogP contribution in [0.2, 0.25) is 11.5 Å². The summed E-state index contributed by atoms with van der Waals surface area (Å²) in [5, 5.41) is 2.40. The number of ether oxygens (including phenoxy) is 1. The third kappa shape index (κ3) is 3.94. The molecule has 0 aliphatic carbocycles. The van der Waals surface area contributed by atoms with Crippen molar-refractivity contribution in [3.8, 4) is 17.3 Å². The average Bonchev–Trinajstić information content (AvgIpc) is 3.50. The van der Waals surface area contributed by atoms with Crippen molar-refractivity contribution in [1.29, 1.82) is 0 Å². The second-order valence-electron chi connectivity index (χ2n) is 13.5. The number of hydrogen-bond donors (Lipinski definition) is 0. The molecule has 0 amide bonds. The molecule has 2 aromatic heterocycles. The van der Waals surface area contributed by atoms with E-state index < -0.39 is 13.3 Å². The Labute approximate surface area is 255 Å². The van der Waals surface area contributed by atoms with Crippen LogP contribution in [0.25, 0.3) is 27.6 Å². The van der Waals surface area contributed by atoms with Crippen LogP contribution in [0.1, 0.15) is 26.3 Å². The minimum absolute atomic E-state index is 0.0288. The number of benzene rings is 4. The van der Waals surface area contributed by atoms with Crippen molar-refractivity contribution in [2.45, 2.75) is 37.7 Å². The minimum atomic E-state index is -2.48. The number of para-hydroxylation sites is 2. The molecule has 2 aliphatic heterocycles. The molecule has 0 saturated carbocycles. The van der Waals surface area contributed by atoms with Gasteiger partial charge in [-0.1, -0.05) is 20.8 Å². The molecule has 0 N–H and O–H groups in total. The first kappa shape index (κ1) is 26.4. The van der Waals surface area contributed by atoms with E-state index in [4.69, 9.17) is 9.72 Å². The van der Waals surface area contributed by atoms with Crippen LogP contribution in [0.15, 0.2) is 97.2 Å². The summed E-state index contributed by atoms with van der Waals surface area (Å²) in [5.74, 6) is 7.63. The fourth-order valence-corrected chi connectivity index (χ4v) is 13.4. The van der Waals surface area contributed by atoms with E-state index in [9.17, 15) is 0 Å². The van der Waals surface area contributed by atoms with Crippen LogP contribution in [-0.4, -0.2) is 36.5 Å². The predicted octanol–water partition coefficient (Wildman–Crippen LogP) is 7.95. The summed E-state index contributed by atoms with van der Waals surface area (Å²) in [7, 11) is 2.19. The fraction of sp³-hybridized carbons (Fsp3) is 0.216. The molecule has 0 spiro atoms. The van der Waals surface area contributed by atoms with Crippen LogP contribution in [0.3, 0.4) is 0 Å². The Morgan fingerprint density at radius 1 is 0.744 bits per heavy atom.